The molecule has 1 atom stereocenters. The minimum absolute atomic E-state index is 0.0706. The van der Waals surface area contributed by atoms with Crippen LogP contribution in [-0.4, -0.2) is 36.5 Å². The second-order valence-corrected chi connectivity index (χ2v) is 5.82. The standard InChI is InChI=1S/C9H16N4O2S/c1-13-6-4-9(11-13)12-16(14,15)7-8-3-2-5-10-8/h4,6,8,10H,2-3,5,7H2,1H3,(H,11,12). The molecule has 1 fully saturated rings. The monoisotopic (exact) mass is 244 g/mol. The average Bonchev–Trinajstić information content (AvgIpc) is 2.76. The van der Waals surface area contributed by atoms with Crippen molar-refractivity contribution in [1.29, 1.82) is 0 Å². The lowest BCUT2D eigenvalue weighted by Crippen LogP contribution is -2.32. The zero-order valence-electron chi connectivity index (χ0n) is 9.18. The van der Waals surface area contributed by atoms with Crippen LogP contribution in [0.25, 0.3) is 0 Å². The van der Waals surface area contributed by atoms with Crippen molar-refractivity contribution in [3.8, 4) is 0 Å². The molecule has 16 heavy (non-hydrogen) atoms. The van der Waals surface area contributed by atoms with Gasteiger partial charge in [-0.05, 0) is 19.4 Å². The molecule has 7 heteroatoms. The summed E-state index contributed by atoms with van der Waals surface area (Å²) in [7, 11) is -1.55. The van der Waals surface area contributed by atoms with Crippen LogP contribution in [0.15, 0.2) is 12.3 Å². The highest BCUT2D eigenvalue weighted by Gasteiger charge is 2.22. The summed E-state index contributed by atoms with van der Waals surface area (Å²) in [6, 6.07) is 1.71. The smallest absolute Gasteiger partial charge is 0.235 e. The van der Waals surface area contributed by atoms with Crippen LogP contribution >= 0.6 is 0 Å². The molecule has 6 nitrogen and oxygen atoms in total. The van der Waals surface area contributed by atoms with Gasteiger partial charge in [0.1, 0.15) is 0 Å². The van der Waals surface area contributed by atoms with Gasteiger partial charge in [-0.15, -0.1) is 0 Å². The molecule has 2 N–H and O–H groups in total. The Kier molecular flexibility index (Phi) is 3.15. The normalized spacial score (nSPS) is 21.2. The van der Waals surface area contributed by atoms with Crippen LogP contribution in [0.1, 0.15) is 12.8 Å². The van der Waals surface area contributed by atoms with Crippen LogP contribution in [0.4, 0.5) is 5.82 Å². The first-order valence-corrected chi connectivity index (χ1v) is 6.94. The number of sulfonamides is 1. The topological polar surface area (TPSA) is 76.0 Å². The SMILES string of the molecule is Cn1ccc(NS(=O)(=O)CC2CCCN2)n1. The maximum atomic E-state index is 11.8. The molecule has 0 saturated carbocycles. The molecule has 0 radical (unpaired) electrons. The molecule has 1 aliphatic heterocycles. The van der Waals surface area contributed by atoms with E-state index in [1.807, 2.05) is 0 Å². The Morgan fingerprint density at radius 2 is 2.50 bits per heavy atom. The van der Waals surface area contributed by atoms with Gasteiger partial charge in [-0.3, -0.25) is 9.40 Å². The molecule has 2 rings (SSSR count). The second kappa shape index (κ2) is 4.42. The number of nitrogens with one attached hydrogen (secondary N) is 2. The predicted octanol–water partition coefficient (Wildman–Crippen LogP) is -0.0862. The maximum absolute atomic E-state index is 11.8. The third-order valence-electron chi connectivity index (χ3n) is 2.56. The van der Waals surface area contributed by atoms with Gasteiger partial charge in [-0.25, -0.2) is 8.42 Å². The highest BCUT2D eigenvalue weighted by molar-refractivity contribution is 7.92. The zero-order chi connectivity index (χ0) is 11.6. The van der Waals surface area contributed by atoms with Gasteiger partial charge in [0.25, 0.3) is 0 Å². The first-order chi connectivity index (χ1) is 7.55. The summed E-state index contributed by atoms with van der Waals surface area (Å²) in [5.41, 5.74) is 0. The van der Waals surface area contributed by atoms with E-state index in [0.717, 1.165) is 19.4 Å². The number of aromatic nitrogens is 2. The van der Waals surface area contributed by atoms with Gasteiger partial charge in [-0.2, -0.15) is 5.10 Å². The Morgan fingerprint density at radius 3 is 3.06 bits per heavy atom. The Hall–Kier alpha value is -1.08. The molecular weight excluding hydrogens is 228 g/mol. The number of nitrogens with zero attached hydrogens (tertiary/aromatic N) is 2. The summed E-state index contributed by atoms with van der Waals surface area (Å²) in [5.74, 6) is 0.490. The first kappa shape index (κ1) is 11.4. The van der Waals surface area contributed by atoms with Gasteiger partial charge in [0.2, 0.25) is 10.0 Å². The van der Waals surface area contributed by atoms with Crippen molar-refractivity contribution in [2.75, 3.05) is 17.0 Å². The molecule has 2 heterocycles. The van der Waals surface area contributed by atoms with E-state index in [2.05, 4.69) is 15.1 Å². The summed E-state index contributed by atoms with van der Waals surface area (Å²) < 4.78 is 27.6. The fourth-order valence-corrected chi connectivity index (χ4v) is 3.16. The molecule has 0 spiro atoms. The summed E-state index contributed by atoms with van der Waals surface area (Å²) >= 11 is 0. The van der Waals surface area contributed by atoms with Crippen LogP contribution < -0.4 is 10.0 Å². The van der Waals surface area contributed by atoms with Crippen LogP contribution in [0, 0.1) is 0 Å². The summed E-state index contributed by atoms with van der Waals surface area (Å²) in [5, 5.41) is 7.14. The lowest BCUT2D eigenvalue weighted by Gasteiger charge is -2.10. The lowest BCUT2D eigenvalue weighted by atomic mass is 10.3. The fourth-order valence-electron chi connectivity index (χ4n) is 1.83. The number of hydrogen-bond acceptors (Lipinski definition) is 4. The molecule has 1 unspecified atom stereocenters. The maximum Gasteiger partial charge on any atom is 0.235 e. The van der Waals surface area contributed by atoms with Gasteiger partial charge >= 0.3 is 0 Å². The van der Waals surface area contributed by atoms with Crippen LogP contribution in [0.3, 0.4) is 0 Å². The van der Waals surface area contributed by atoms with Crippen LogP contribution in [-0.2, 0) is 17.1 Å². The van der Waals surface area contributed by atoms with Crippen molar-refractivity contribution in [2.24, 2.45) is 7.05 Å². The van der Waals surface area contributed by atoms with Crippen molar-refractivity contribution < 1.29 is 8.42 Å². The molecular formula is C9H16N4O2S. The van der Waals surface area contributed by atoms with Crippen molar-refractivity contribution in [2.45, 2.75) is 18.9 Å². The molecule has 1 aromatic heterocycles. The molecule has 1 aliphatic rings. The van der Waals surface area contributed by atoms with E-state index in [1.165, 1.54) is 0 Å². The number of aryl methyl sites for hydroxylation is 1. The summed E-state index contributed by atoms with van der Waals surface area (Å²) in [6.07, 6.45) is 3.67. The van der Waals surface area contributed by atoms with E-state index >= 15 is 0 Å². The number of anilines is 1. The third-order valence-corrected chi connectivity index (χ3v) is 3.92. The summed E-state index contributed by atoms with van der Waals surface area (Å²) in [4.78, 5) is 0. The molecule has 0 amide bonds. The van der Waals surface area contributed by atoms with Gasteiger partial charge < -0.3 is 5.32 Å². The largest absolute Gasteiger partial charge is 0.313 e. The van der Waals surface area contributed by atoms with Gasteiger partial charge in [0.15, 0.2) is 5.82 Å². The fraction of sp³-hybridized carbons (Fsp3) is 0.667. The Labute approximate surface area is 95.1 Å². The van der Waals surface area contributed by atoms with Gasteiger partial charge in [-0.1, -0.05) is 0 Å². The first-order valence-electron chi connectivity index (χ1n) is 5.29. The van der Waals surface area contributed by atoms with E-state index in [-0.39, 0.29) is 11.8 Å². The third kappa shape index (κ3) is 2.96. The van der Waals surface area contributed by atoms with Crippen molar-refractivity contribution in [1.82, 2.24) is 15.1 Å². The number of hydrogen-bond donors (Lipinski definition) is 2. The van der Waals surface area contributed by atoms with Gasteiger partial charge in [0.05, 0.1) is 5.75 Å². The minimum atomic E-state index is -3.29. The zero-order valence-corrected chi connectivity index (χ0v) is 10.00. The Bertz CT molecular complexity index is 448. The van der Waals surface area contributed by atoms with E-state index in [0.29, 0.717) is 5.82 Å². The van der Waals surface area contributed by atoms with Crippen molar-refractivity contribution in [3.63, 3.8) is 0 Å². The minimum Gasteiger partial charge on any atom is -0.313 e. The highest BCUT2D eigenvalue weighted by atomic mass is 32.2. The molecule has 0 aromatic carbocycles. The van der Waals surface area contributed by atoms with Crippen molar-refractivity contribution in [3.05, 3.63) is 12.3 Å². The lowest BCUT2D eigenvalue weighted by molar-refractivity contribution is 0.581. The van der Waals surface area contributed by atoms with E-state index in [1.54, 1.807) is 24.0 Å². The molecule has 90 valence electrons. The van der Waals surface area contributed by atoms with Crippen LogP contribution in [0.2, 0.25) is 0 Å². The quantitative estimate of drug-likeness (QED) is 0.776. The number of rotatable bonds is 4. The predicted molar refractivity (Wildman–Crippen MR) is 61.6 cm³/mol. The van der Waals surface area contributed by atoms with Crippen molar-refractivity contribution >= 4 is 15.8 Å². The second-order valence-electron chi connectivity index (χ2n) is 4.05. The Morgan fingerprint density at radius 1 is 1.69 bits per heavy atom. The van der Waals surface area contributed by atoms with E-state index in [4.69, 9.17) is 0 Å². The highest BCUT2D eigenvalue weighted by Crippen LogP contribution is 2.10. The molecule has 0 aliphatic carbocycles. The molecule has 1 saturated heterocycles. The Balaban J connectivity index is 1.96. The molecule has 1 aromatic rings. The van der Waals surface area contributed by atoms with Gasteiger partial charge in [0, 0.05) is 25.4 Å². The van der Waals surface area contributed by atoms with Crippen LogP contribution in [0.5, 0.6) is 0 Å². The summed E-state index contributed by atoms with van der Waals surface area (Å²) in [6.45, 7) is 0.907. The van der Waals surface area contributed by atoms with E-state index < -0.39 is 10.0 Å². The average molecular weight is 244 g/mol. The molecule has 0 bridgehead atoms. The van der Waals surface area contributed by atoms with E-state index in [9.17, 15) is 8.42 Å².